The minimum absolute atomic E-state index is 0.0512. The van der Waals surface area contributed by atoms with E-state index in [2.05, 4.69) is 31.4 Å². The predicted molar refractivity (Wildman–Crippen MR) is 67.2 cm³/mol. The standard InChI is InChI=1S/C13H26N2O/c1-5-6-14-13(16)10(4)15-12-7-11(8-12)9(2)3/h9-12,15H,5-8H2,1-4H3,(H,14,16). The summed E-state index contributed by atoms with van der Waals surface area (Å²) >= 11 is 0. The second-order valence-electron chi connectivity index (χ2n) is 5.35. The first-order valence-corrected chi connectivity index (χ1v) is 6.58. The van der Waals surface area contributed by atoms with Crippen LogP contribution in [0.3, 0.4) is 0 Å². The molecule has 2 N–H and O–H groups in total. The molecule has 3 nitrogen and oxygen atoms in total. The molecule has 0 bridgehead atoms. The van der Waals surface area contributed by atoms with Gasteiger partial charge in [-0.15, -0.1) is 0 Å². The fourth-order valence-electron chi connectivity index (χ4n) is 2.17. The van der Waals surface area contributed by atoms with E-state index in [1.807, 2.05) is 6.92 Å². The van der Waals surface area contributed by atoms with Crippen molar-refractivity contribution in [1.82, 2.24) is 10.6 Å². The van der Waals surface area contributed by atoms with Gasteiger partial charge < -0.3 is 10.6 Å². The van der Waals surface area contributed by atoms with Crippen molar-refractivity contribution < 1.29 is 4.79 Å². The molecule has 0 spiro atoms. The lowest BCUT2D eigenvalue weighted by atomic mass is 9.73. The predicted octanol–water partition coefficient (Wildman–Crippen LogP) is 1.93. The normalized spacial score (nSPS) is 26.3. The Labute approximate surface area is 99.4 Å². The van der Waals surface area contributed by atoms with Crippen LogP contribution in [-0.2, 0) is 4.79 Å². The maximum absolute atomic E-state index is 11.6. The van der Waals surface area contributed by atoms with E-state index in [9.17, 15) is 4.79 Å². The first-order chi connectivity index (χ1) is 7.54. The van der Waals surface area contributed by atoms with E-state index in [1.54, 1.807) is 0 Å². The van der Waals surface area contributed by atoms with Crippen LogP contribution < -0.4 is 10.6 Å². The van der Waals surface area contributed by atoms with Gasteiger partial charge in [0.25, 0.3) is 0 Å². The van der Waals surface area contributed by atoms with Crippen LogP contribution in [0.4, 0.5) is 0 Å². The SMILES string of the molecule is CCCNC(=O)C(C)NC1CC(C(C)C)C1. The summed E-state index contributed by atoms with van der Waals surface area (Å²) in [7, 11) is 0. The number of amides is 1. The van der Waals surface area contributed by atoms with Gasteiger partial charge in [-0.1, -0.05) is 20.8 Å². The summed E-state index contributed by atoms with van der Waals surface area (Å²) in [6.07, 6.45) is 3.45. The van der Waals surface area contributed by atoms with Crippen molar-refractivity contribution in [2.75, 3.05) is 6.54 Å². The summed E-state index contributed by atoms with van der Waals surface area (Å²) in [5.41, 5.74) is 0. The molecule has 1 aliphatic carbocycles. The number of carbonyl (C=O) groups is 1. The van der Waals surface area contributed by atoms with Gasteiger partial charge in [-0.05, 0) is 38.0 Å². The Hall–Kier alpha value is -0.570. The Morgan fingerprint density at radius 1 is 1.31 bits per heavy atom. The van der Waals surface area contributed by atoms with Crippen molar-refractivity contribution in [2.24, 2.45) is 11.8 Å². The smallest absolute Gasteiger partial charge is 0.236 e. The Kier molecular flexibility index (Phi) is 5.26. The Morgan fingerprint density at radius 2 is 1.94 bits per heavy atom. The molecule has 1 rings (SSSR count). The zero-order valence-electron chi connectivity index (χ0n) is 11.0. The highest BCUT2D eigenvalue weighted by Crippen LogP contribution is 2.33. The highest BCUT2D eigenvalue weighted by Gasteiger charge is 2.32. The first-order valence-electron chi connectivity index (χ1n) is 6.58. The number of rotatable bonds is 6. The first kappa shape index (κ1) is 13.5. The van der Waals surface area contributed by atoms with Crippen LogP contribution in [0.15, 0.2) is 0 Å². The Morgan fingerprint density at radius 3 is 2.44 bits per heavy atom. The molecule has 1 saturated carbocycles. The van der Waals surface area contributed by atoms with Crippen LogP contribution in [0, 0.1) is 11.8 Å². The summed E-state index contributed by atoms with van der Waals surface area (Å²) in [5.74, 6) is 1.76. The minimum Gasteiger partial charge on any atom is -0.355 e. The summed E-state index contributed by atoms with van der Waals surface area (Å²) in [6.45, 7) is 9.35. The zero-order valence-corrected chi connectivity index (χ0v) is 11.0. The second kappa shape index (κ2) is 6.24. The van der Waals surface area contributed by atoms with Gasteiger partial charge in [0.1, 0.15) is 0 Å². The van der Waals surface area contributed by atoms with Crippen LogP contribution in [-0.4, -0.2) is 24.5 Å². The summed E-state index contributed by atoms with van der Waals surface area (Å²) in [5, 5.41) is 6.32. The van der Waals surface area contributed by atoms with Crippen molar-refractivity contribution in [3.05, 3.63) is 0 Å². The lowest BCUT2D eigenvalue weighted by Gasteiger charge is -2.39. The highest BCUT2D eigenvalue weighted by molar-refractivity contribution is 5.81. The van der Waals surface area contributed by atoms with Gasteiger partial charge in [0.2, 0.25) is 5.91 Å². The average Bonchev–Trinajstić information content (AvgIpc) is 2.18. The third-order valence-electron chi connectivity index (χ3n) is 3.55. The molecule has 1 fully saturated rings. The molecule has 0 heterocycles. The van der Waals surface area contributed by atoms with Gasteiger partial charge in [0, 0.05) is 12.6 Å². The molecule has 94 valence electrons. The monoisotopic (exact) mass is 226 g/mol. The molecule has 0 aromatic carbocycles. The average molecular weight is 226 g/mol. The number of carbonyl (C=O) groups excluding carboxylic acids is 1. The van der Waals surface area contributed by atoms with Gasteiger partial charge in [-0.3, -0.25) is 4.79 Å². The van der Waals surface area contributed by atoms with Crippen LogP contribution in [0.5, 0.6) is 0 Å². The third-order valence-corrected chi connectivity index (χ3v) is 3.55. The summed E-state index contributed by atoms with van der Waals surface area (Å²) in [4.78, 5) is 11.6. The van der Waals surface area contributed by atoms with Crippen molar-refractivity contribution in [3.8, 4) is 0 Å². The molecule has 3 heteroatoms. The van der Waals surface area contributed by atoms with Crippen molar-refractivity contribution >= 4 is 5.91 Å². The second-order valence-corrected chi connectivity index (χ2v) is 5.35. The number of hydrogen-bond donors (Lipinski definition) is 2. The fourth-order valence-corrected chi connectivity index (χ4v) is 2.17. The van der Waals surface area contributed by atoms with Crippen LogP contribution in [0.2, 0.25) is 0 Å². The van der Waals surface area contributed by atoms with Gasteiger partial charge in [-0.25, -0.2) is 0 Å². The van der Waals surface area contributed by atoms with Crippen LogP contribution in [0.1, 0.15) is 47.0 Å². The van der Waals surface area contributed by atoms with Crippen LogP contribution >= 0.6 is 0 Å². The highest BCUT2D eigenvalue weighted by atomic mass is 16.2. The van der Waals surface area contributed by atoms with Gasteiger partial charge >= 0.3 is 0 Å². The molecule has 0 radical (unpaired) electrons. The fraction of sp³-hybridized carbons (Fsp3) is 0.923. The molecule has 0 aliphatic heterocycles. The van der Waals surface area contributed by atoms with Crippen molar-refractivity contribution in [2.45, 2.75) is 59.0 Å². The van der Waals surface area contributed by atoms with Crippen LogP contribution in [0.25, 0.3) is 0 Å². The molecule has 0 aromatic heterocycles. The van der Waals surface area contributed by atoms with E-state index < -0.39 is 0 Å². The maximum Gasteiger partial charge on any atom is 0.236 e. The molecule has 0 aromatic rings. The minimum atomic E-state index is -0.0512. The van der Waals surface area contributed by atoms with Gasteiger partial charge in [-0.2, -0.15) is 0 Å². The van der Waals surface area contributed by atoms with E-state index in [-0.39, 0.29) is 11.9 Å². The van der Waals surface area contributed by atoms with Crippen molar-refractivity contribution in [3.63, 3.8) is 0 Å². The van der Waals surface area contributed by atoms with Crippen molar-refractivity contribution in [1.29, 1.82) is 0 Å². The van der Waals surface area contributed by atoms with E-state index in [4.69, 9.17) is 0 Å². The quantitative estimate of drug-likeness (QED) is 0.726. The number of hydrogen-bond acceptors (Lipinski definition) is 2. The lowest BCUT2D eigenvalue weighted by Crippen LogP contribution is -2.51. The summed E-state index contributed by atoms with van der Waals surface area (Å²) in [6, 6.07) is 0.499. The van der Waals surface area contributed by atoms with Gasteiger partial charge in [0.15, 0.2) is 0 Å². The number of nitrogens with one attached hydrogen (secondary N) is 2. The zero-order chi connectivity index (χ0) is 12.1. The Bertz CT molecular complexity index is 222. The van der Waals surface area contributed by atoms with E-state index in [0.717, 1.165) is 24.8 Å². The largest absolute Gasteiger partial charge is 0.355 e. The molecule has 1 amide bonds. The molecule has 1 unspecified atom stereocenters. The van der Waals surface area contributed by atoms with E-state index in [0.29, 0.717) is 6.04 Å². The van der Waals surface area contributed by atoms with Gasteiger partial charge in [0.05, 0.1) is 6.04 Å². The molecule has 1 aliphatic rings. The van der Waals surface area contributed by atoms with E-state index in [1.165, 1.54) is 12.8 Å². The molecule has 1 atom stereocenters. The third kappa shape index (κ3) is 3.78. The summed E-state index contributed by atoms with van der Waals surface area (Å²) < 4.78 is 0. The molecule has 16 heavy (non-hydrogen) atoms. The molecule has 0 saturated heterocycles. The molecular weight excluding hydrogens is 200 g/mol. The Balaban J connectivity index is 2.16. The topological polar surface area (TPSA) is 41.1 Å². The van der Waals surface area contributed by atoms with E-state index >= 15 is 0 Å². The maximum atomic E-state index is 11.6. The lowest BCUT2D eigenvalue weighted by molar-refractivity contribution is -0.123. The molecular formula is C13H26N2O.